The number of nitrogens with one attached hydrogen (secondary N) is 1. The number of ether oxygens (including phenoxy) is 1. The molecule has 2 atom stereocenters. The van der Waals surface area contributed by atoms with Gasteiger partial charge < -0.3 is 10.1 Å². The van der Waals surface area contributed by atoms with Gasteiger partial charge in [-0.05, 0) is 73.5 Å². The van der Waals surface area contributed by atoms with Crippen LogP contribution in [0.5, 0.6) is 5.75 Å². The standard InChI is InChI=1S/C31H38N2O.2ClH/c1-22(2)26-15-16-28(34-4)27(21-26)32-30-25-17-19-33(20-18-25)31(30,3)29(23-11-7-5-8-12-23)24-13-9-6-10-14-24;;/h5-16,21-22,25,29-30,32H,17-20H2,1-4H3;2*1H/t30-,31-;;/m0../s1. The molecule has 0 unspecified atom stereocenters. The van der Waals surface area contributed by atoms with E-state index in [9.17, 15) is 0 Å². The summed E-state index contributed by atoms with van der Waals surface area (Å²) in [6.07, 6.45) is 2.49. The number of piperidine rings is 3. The van der Waals surface area contributed by atoms with Crippen LogP contribution in [-0.2, 0) is 0 Å². The van der Waals surface area contributed by atoms with E-state index < -0.39 is 0 Å². The second-order valence-electron chi connectivity index (χ2n) is 10.5. The van der Waals surface area contributed by atoms with Gasteiger partial charge in [-0.15, -0.1) is 24.8 Å². The van der Waals surface area contributed by atoms with Crippen LogP contribution >= 0.6 is 24.8 Å². The zero-order valence-corrected chi connectivity index (χ0v) is 23.4. The van der Waals surface area contributed by atoms with Gasteiger partial charge in [0.25, 0.3) is 0 Å². The lowest BCUT2D eigenvalue weighted by Gasteiger charge is -2.61. The highest BCUT2D eigenvalue weighted by Crippen LogP contribution is 2.51. The fourth-order valence-corrected chi connectivity index (χ4v) is 6.54. The first-order chi connectivity index (χ1) is 16.5. The van der Waals surface area contributed by atoms with E-state index in [1.807, 2.05) is 0 Å². The van der Waals surface area contributed by atoms with Gasteiger partial charge >= 0.3 is 0 Å². The summed E-state index contributed by atoms with van der Waals surface area (Å²) >= 11 is 0. The smallest absolute Gasteiger partial charge is 0.141 e. The third-order valence-electron chi connectivity index (χ3n) is 8.37. The fraction of sp³-hybridized carbons (Fsp3) is 0.419. The molecule has 3 aliphatic heterocycles. The van der Waals surface area contributed by atoms with Crippen molar-refractivity contribution in [2.45, 2.75) is 57.0 Å². The average Bonchev–Trinajstić information content (AvgIpc) is 2.88. The Bertz CT molecular complexity index is 1060. The molecule has 5 heteroatoms. The molecule has 2 bridgehead atoms. The highest BCUT2D eigenvalue weighted by Gasteiger charge is 2.55. The van der Waals surface area contributed by atoms with Gasteiger partial charge in [0.05, 0.1) is 12.8 Å². The summed E-state index contributed by atoms with van der Waals surface area (Å²) < 4.78 is 5.82. The quantitative estimate of drug-likeness (QED) is 0.340. The van der Waals surface area contributed by atoms with Crippen molar-refractivity contribution in [2.75, 3.05) is 25.5 Å². The molecular formula is C31H40Cl2N2O. The Labute approximate surface area is 229 Å². The summed E-state index contributed by atoms with van der Waals surface area (Å²) in [4.78, 5) is 2.76. The van der Waals surface area contributed by atoms with Crippen LogP contribution in [0.25, 0.3) is 0 Å². The molecule has 3 aliphatic rings. The van der Waals surface area contributed by atoms with Crippen molar-refractivity contribution in [3.05, 3.63) is 95.6 Å². The van der Waals surface area contributed by atoms with E-state index in [0.29, 0.717) is 17.9 Å². The number of hydrogen-bond donors (Lipinski definition) is 1. The van der Waals surface area contributed by atoms with Crippen LogP contribution in [0.3, 0.4) is 0 Å². The van der Waals surface area contributed by atoms with Crippen LogP contribution in [0.1, 0.15) is 62.1 Å². The van der Waals surface area contributed by atoms with Crippen LogP contribution < -0.4 is 10.1 Å². The van der Waals surface area contributed by atoms with Gasteiger partial charge in [-0.2, -0.15) is 0 Å². The average molecular weight is 528 g/mol. The van der Waals surface area contributed by atoms with E-state index >= 15 is 0 Å². The minimum atomic E-state index is -0.0667. The van der Waals surface area contributed by atoms with Crippen molar-refractivity contribution < 1.29 is 4.74 Å². The van der Waals surface area contributed by atoms with Gasteiger partial charge in [-0.3, -0.25) is 4.90 Å². The van der Waals surface area contributed by atoms with Crippen LogP contribution in [-0.4, -0.2) is 36.7 Å². The van der Waals surface area contributed by atoms with E-state index in [1.165, 1.54) is 42.6 Å². The lowest BCUT2D eigenvalue weighted by molar-refractivity contribution is -0.0401. The minimum absolute atomic E-state index is 0. The molecule has 3 aromatic carbocycles. The molecule has 0 spiro atoms. The number of anilines is 1. The van der Waals surface area contributed by atoms with E-state index in [0.717, 1.165) is 11.4 Å². The van der Waals surface area contributed by atoms with E-state index in [1.54, 1.807) is 7.11 Å². The Balaban J connectivity index is 0.00000180. The normalized spacial score (nSPS) is 24.7. The summed E-state index contributed by atoms with van der Waals surface area (Å²) in [5, 5.41) is 4.07. The molecule has 194 valence electrons. The second-order valence-corrected chi connectivity index (χ2v) is 10.5. The second kappa shape index (κ2) is 11.9. The third kappa shape index (κ3) is 5.11. The largest absolute Gasteiger partial charge is 0.495 e. The summed E-state index contributed by atoms with van der Waals surface area (Å²) in [5.74, 6) is 2.32. The molecule has 3 aromatic rings. The number of benzene rings is 3. The third-order valence-corrected chi connectivity index (χ3v) is 8.37. The SMILES string of the molecule is COc1ccc(C(C)C)cc1N[C@H]1C2CCN(CC2)[C@@]1(C)C(c1ccccc1)c1ccccc1.Cl.Cl. The zero-order valence-electron chi connectivity index (χ0n) is 21.8. The first kappa shape index (κ1) is 28.4. The van der Waals surface area contributed by atoms with Gasteiger partial charge in [-0.25, -0.2) is 0 Å². The number of rotatable bonds is 7. The molecular weight excluding hydrogens is 487 g/mol. The lowest BCUT2D eigenvalue weighted by Crippen LogP contribution is -2.70. The number of methoxy groups -OCH3 is 1. The Hall–Kier alpha value is -2.20. The summed E-state index contributed by atoms with van der Waals surface area (Å²) in [7, 11) is 1.78. The molecule has 3 fully saturated rings. The monoisotopic (exact) mass is 526 g/mol. The first-order valence-corrected chi connectivity index (χ1v) is 12.8. The molecule has 0 amide bonds. The van der Waals surface area contributed by atoms with E-state index in [2.05, 4.69) is 110 Å². The first-order valence-electron chi connectivity index (χ1n) is 12.8. The molecule has 3 saturated heterocycles. The topological polar surface area (TPSA) is 24.5 Å². The van der Waals surface area contributed by atoms with Crippen molar-refractivity contribution >= 4 is 30.5 Å². The lowest BCUT2D eigenvalue weighted by atomic mass is 9.62. The van der Waals surface area contributed by atoms with Gasteiger partial charge in [-0.1, -0.05) is 80.6 Å². The molecule has 6 rings (SSSR count). The Morgan fingerprint density at radius 2 is 1.39 bits per heavy atom. The maximum atomic E-state index is 5.82. The molecule has 0 saturated carbocycles. The van der Waals surface area contributed by atoms with Crippen LogP contribution in [0.15, 0.2) is 78.9 Å². The molecule has 0 aromatic heterocycles. The Morgan fingerprint density at radius 3 is 1.89 bits per heavy atom. The molecule has 36 heavy (non-hydrogen) atoms. The van der Waals surface area contributed by atoms with Crippen LogP contribution in [0.2, 0.25) is 0 Å². The van der Waals surface area contributed by atoms with Crippen molar-refractivity contribution in [1.82, 2.24) is 4.90 Å². The highest BCUT2D eigenvalue weighted by atomic mass is 35.5. The number of halogens is 2. The van der Waals surface area contributed by atoms with Gasteiger partial charge in [0, 0.05) is 17.5 Å². The predicted octanol–water partition coefficient (Wildman–Crippen LogP) is 7.76. The molecule has 0 radical (unpaired) electrons. The summed E-state index contributed by atoms with van der Waals surface area (Å²) in [5.41, 5.74) is 5.17. The summed E-state index contributed by atoms with van der Waals surface area (Å²) in [6.45, 7) is 9.34. The number of fused-ring (bicyclic) bond motifs is 3. The Kier molecular flexibility index (Phi) is 9.38. The highest BCUT2D eigenvalue weighted by molar-refractivity contribution is 5.85. The van der Waals surface area contributed by atoms with Crippen LogP contribution in [0, 0.1) is 5.92 Å². The van der Waals surface area contributed by atoms with Crippen molar-refractivity contribution in [3.63, 3.8) is 0 Å². The van der Waals surface area contributed by atoms with E-state index in [-0.39, 0.29) is 36.3 Å². The number of nitrogens with zero attached hydrogens (tertiary/aromatic N) is 1. The van der Waals surface area contributed by atoms with Gasteiger partial charge in [0.15, 0.2) is 0 Å². The zero-order chi connectivity index (χ0) is 23.7. The maximum Gasteiger partial charge on any atom is 0.141 e. The fourth-order valence-electron chi connectivity index (χ4n) is 6.54. The number of hydrogen-bond acceptors (Lipinski definition) is 3. The van der Waals surface area contributed by atoms with Gasteiger partial charge in [0.1, 0.15) is 5.75 Å². The predicted molar refractivity (Wildman–Crippen MR) is 156 cm³/mol. The summed E-state index contributed by atoms with van der Waals surface area (Å²) in [6, 6.07) is 29.2. The molecule has 0 aliphatic carbocycles. The Morgan fingerprint density at radius 1 is 0.833 bits per heavy atom. The maximum absolute atomic E-state index is 5.82. The van der Waals surface area contributed by atoms with Crippen molar-refractivity contribution in [2.24, 2.45) is 5.92 Å². The van der Waals surface area contributed by atoms with Crippen LogP contribution in [0.4, 0.5) is 5.69 Å². The molecule has 3 heterocycles. The molecule has 1 N–H and O–H groups in total. The van der Waals surface area contributed by atoms with Crippen molar-refractivity contribution in [1.29, 1.82) is 0 Å². The minimum Gasteiger partial charge on any atom is -0.495 e. The van der Waals surface area contributed by atoms with E-state index in [4.69, 9.17) is 4.74 Å². The van der Waals surface area contributed by atoms with Gasteiger partial charge in [0.2, 0.25) is 0 Å². The molecule has 3 nitrogen and oxygen atoms in total. The van der Waals surface area contributed by atoms with Crippen molar-refractivity contribution in [3.8, 4) is 5.75 Å².